The molecule has 0 aromatic carbocycles. The van der Waals surface area contributed by atoms with E-state index >= 15 is 0 Å². The Morgan fingerprint density at radius 2 is 1.67 bits per heavy atom. The third-order valence-corrected chi connectivity index (χ3v) is 6.69. The molecule has 2 heterocycles. The predicted octanol–water partition coefficient (Wildman–Crippen LogP) is -0.630. The van der Waals surface area contributed by atoms with Gasteiger partial charge in [-0.25, -0.2) is 4.79 Å². The summed E-state index contributed by atoms with van der Waals surface area (Å²) in [6.07, 6.45) is -4.68. The zero-order valence-electron chi connectivity index (χ0n) is 14.6. The summed E-state index contributed by atoms with van der Waals surface area (Å²) < 4.78 is 5.56. The number of rotatable bonds is 2. The lowest BCUT2D eigenvalue weighted by molar-refractivity contribution is -0.229. The molecular weight excluding hydrogens is 316 g/mol. The molecule has 3 rings (SSSR count). The summed E-state index contributed by atoms with van der Waals surface area (Å²) >= 11 is 0. The lowest BCUT2D eigenvalue weighted by Gasteiger charge is -2.69. The van der Waals surface area contributed by atoms with Crippen molar-refractivity contribution in [2.75, 3.05) is 13.7 Å². The number of hydrogen-bond donors (Lipinski definition) is 3. The van der Waals surface area contributed by atoms with E-state index < -0.39 is 49.1 Å². The summed E-state index contributed by atoms with van der Waals surface area (Å²) in [5.74, 6) is -0.645. The predicted molar refractivity (Wildman–Crippen MR) is 82.6 cm³/mol. The second-order valence-electron chi connectivity index (χ2n) is 8.18. The Morgan fingerprint density at radius 1 is 1.08 bits per heavy atom. The van der Waals surface area contributed by atoms with Crippen LogP contribution < -0.4 is 0 Å². The molecule has 1 aliphatic carbocycles. The lowest BCUT2D eigenvalue weighted by atomic mass is 9.42. The first-order valence-electron chi connectivity index (χ1n) is 8.20. The molecule has 0 aromatic rings. The fourth-order valence-corrected chi connectivity index (χ4v) is 4.42. The number of urea groups is 1. The van der Waals surface area contributed by atoms with Gasteiger partial charge in [0.25, 0.3) is 0 Å². The Hall–Kier alpha value is -1.22. The maximum atomic E-state index is 12.8. The minimum atomic E-state index is -1.34. The topological polar surface area (TPSA) is 111 Å². The van der Waals surface area contributed by atoms with Crippen LogP contribution in [0.15, 0.2) is 0 Å². The average Bonchev–Trinajstić information content (AvgIpc) is 2.79. The van der Waals surface area contributed by atoms with E-state index in [1.807, 2.05) is 27.7 Å². The number of carbonyl (C=O) groups is 2. The van der Waals surface area contributed by atoms with Crippen LogP contribution in [0.1, 0.15) is 27.7 Å². The van der Waals surface area contributed by atoms with Gasteiger partial charge in [0, 0.05) is 7.05 Å². The van der Waals surface area contributed by atoms with Crippen molar-refractivity contribution < 1.29 is 29.6 Å². The van der Waals surface area contributed by atoms with Gasteiger partial charge < -0.3 is 20.1 Å². The van der Waals surface area contributed by atoms with Crippen molar-refractivity contribution in [1.29, 1.82) is 0 Å². The van der Waals surface area contributed by atoms with Crippen LogP contribution in [0.2, 0.25) is 0 Å². The molecule has 1 saturated carbocycles. The van der Waals surface area contributed by atoms with Crippen LogP contribution in [0, 0.1) is 16.7 Å². The molecule has 3 aliphatic rings. The van der Waals surface area contributed by atoms with E-state index in [0.29, 0.717) is 0 Å². The monoisotopic (exact) mass is 342 g/mol. The van der Waals surface area contributed by atoms with Crippen molar-refractivity contribution in [3.05, 3.63) is 0 Å². The largest absolute Gasteiger partial charge is 0.394 e. The van der Waals surface area contributed by atoms with Crippen LogP contribution in [-0.2, 0) is 9.53 Å². The highest BCUT2D eigenvalue weighted by Crippen LogP contribution is 2.64. The first kappa shape index (κ1) is 17.6. The fraction of sp³-hybridized carbons (Fsp3) is 0.875. The Morgan fingerprint density at radius 3 is 2.17 bits per heavy atom. The summed E-state index contributed by atoms with van der Waals surface area (Å²) in [5, 5.41) is 29.6. The second-order valence-corrected chi connectivity index (χ2v) is 8.18. The summed E-state index contributed by atoms with van der Waals surface area (Å²) in [7, 11) is 1.41. The highest BCUT2D eigenvalue weighted by molar-refractivity contribution is 6.00. The van der Waals surface area contributed by atoms with Gasteiger partial charge >= 0.3 is 6.03 Å². The third kappa shape index (κ3) is 1.88. The van der Waals surface area contributed by atoms with Crippen LogP contribution >= 0.6 is 0 Å². The molecule has 136 valence electrons. The maximum Gasteiger partial charge on any atom is 0.328 e. The standard InChI is InChI=1S/C16H26N2O6/c1-15(2)8-11(16(15,3)4)18(14(23)17(5)12(8)22)13-10(21)9(20)7(6-19)24-13/h7-11,13,19-21H,6H2,1-5H3/t7-,8-,9-,10-,11-,13-/m1/s1. The van der Waals surface area contributed by atoms with Gasteiger partial charge in [0.05, 0.1) is 18.6 Å². The Bertz CT molecular complexity index is 577. The van der Waals surface area contributed by atoms with Gasteiger partial charge in [-0.1, -0.05) is 27.7 Å². The van der Waals surface area contributed by atoms with Gasteiger partial charge in [-0.15, -0.1) is 0 Å². The summed E-state index contributed by atoms with van der Waals surface area (Å²) in [6, 6.07) is -0.993. The van der Waals surface area contributed by atoms with E-state index in [-0.39, 0.29) is 16.7 Å². The molecule has 0 spiro atoms. The summed E-state index contributed by atoms with van der Waals surface area (Å²) in [4.78, 5) is 27.8. The SMILES string of the molecule is CN1C(=O)[C@H]2[C@@H](N([C@@H]3O[C@H](CO)[C@@H](O)[C@H]3O)C1=O)C(C)(C)C2(C)C. The van der Waals surface area contributed by atoms with Gasteiger partial charge in [0.15, 0.2) is 6.23 Å². The van der Waals surface area contributed by atoms with Crippen molar-refractivity contribution in [2.45, 2.75) is 58.3 Å². The molecule has 6 atom stereocenters. The second kappa shape index (κ2) is 5.14. The molecule has 2 saturated heterocycles. The highest BCUT2D eigenvalue weighted by atomic mass is 16.6. The van der Waals surface area contributed by atoms with E-state index in [4.69, 9.17) is 4.74 Å². The highest BCUT2D eigenvalue weighted by Gasteiger charge is 2.72. The first-order valence-corrected chi connectivity index (χ1v) is 8.20. The number of hydrogen-bond acceptors (Lipinski definition) is 6. The first-order chi connectivity index (χ1) is 11.0. The van der Waals surface area contributed by atoms with Crippen molar-refractivity contribution in [3.8, 4) is 0 Å². The average molecular weight is 342 g/mol. The van der Waals surface area contributed by atoms with Crippen molar-refractivity contribution in [1.82, 2.24) is 9.80 Å². The normalized spacial score (nSPS) is 43.7. The Balaban J connectivity index is 2.01. The number of aliphatic hydroxyl groups excluding tert-OH is 3. The molecule has 0 bridgehead atoms. The van der Waals surface area contributed by atoms with E-state index in [2.05, 4.69) is 0 Å². The Kier molecular flexibility index (Phi) is 3.77. The molecule has 24 heavy (non-hydrogen) atoms. The van der Waals surface area contributed by atoms with Crippen LogP contribution in [0.4, 0.5) is 4.79 Å². The molecule has 0 aromatic heterocycles. The smallest absolute Gasteiger partial charge is 0.328 e. The quantitative estimate of drug-likeness (QED) is 0.616. The van der Waals surface area contributed by atoms with Crippen LogP contribution in [0.3, 0.4) is 0 Å². The van der Waals surface area contributed by atoms with Crippen molar-refractivity contribution in [3.63, 3.8) is 0 Å². The molecule has 3 amide bonds. The number of nitrogens with zero attached hydrogens (tertiary/aromatic N) is 2. The Labute approximate surface area is 141 Å². The number of imide groups is 1. The lowest BCUT2D eigenvalue weighted by Crippen LogP contribution is -2.80. The van der Waals surface area contributed by atoms with Crippen LogP contribution in [0.25, 0.3) is 0 Å². The van der Waals surface area contributed by atoms with Crippen LogP contribution in [0.5, 0.6) is 0 Å². The molecule has 8 heteroatoms. The summed E-state index contributed by atoms with van der Waals surface area (Å²) in [5.41, 5.74) is -0.712. The minimum Gasteiger partial charge on any atom is -0.394 e. The van der Waals surface area contributed by atoms with E-state index in [9.17, 15) is 24.9 Å². The van der Waals surface area contributed by atoms with Crippen LogP contribution in [-0.4, -0.2) is 81.3 Å². The summed E-state index contributed by atoms with van der Waals surface area (Å²) in [6.45, 7) is 7.48. The minimum absolute atomic E-state index is 0.239. The van der Waals surface area contributed by atoms with Gasteiger partial charge in [-0.3, -0.25) is 14.6 Å². The molecule has 8 nitrogen and oxygen atoms in total. The van der Waals surface area contributed by atoms with E-state index in [0.717, 1.165) is 4.90 Å². The van der Waals surface area contributed by atoms with Crippen molar-refractivity contribution >= 4 is 11.9 Å². The van der Waals surface area contributed by atoms with Gasteiger partial charge in [0.1, 0.15) is 18.3 Å². The van der Waals surface area contributed by atoms with Crippen molar-refractivity contribution in [2.24, 2.45) is 16.7 Å². The molecule has 0 unspecified atom stereocenters. The maximum absolute atomic E-state index is 12.8. The van der Waals surface area contributed by atoms with Gasteiger partial charge in [0.2, 0.25) is 5.91 Å². The van der Waals surface area contributed by atoms with Gasteiger partial charge in [-0.2, -0.15) is 0 Å². The van der Waals surface area contributed by atoms with E-state index in [1.165, 1.54) is 11.9 Å². The fourth-order valence-electron chi connectivity index (χ4n) is 4.42. The number of fused-ring (bicyclic) bond motifs is 1. The van der Waals surface area contributed by atoms with E-state index in [1.54, 1.807) is 0 Å². The zero-order chi connectivity index (χ0) is 18.2. The molecule has 2 aliphatic heterocycles. The number of ether oxygens (including phenoxy) is 1. The molecule has 0 radical (unpaired) electrons. The van der Waals surface area contributed by atoms with Gasteiger partial charge in [-0.05, 0) is 10.8 Å². The number of aliphatic hydroxyl groups is 3. The molecule has 3 fully saturated rings. The molecule has 3 N–H and O–H groups in total. The zero-order valence-corrected chi connectivity index (χ0v) is 14.6. The number of carbonyl (C=O) groups excluding carboxylic acids is 2. The molecular formula is C16H26N2O6. The number of amides is 3. The third-order valence-electron chi connectivity index (χ3n) is 6.69.